The second kappa shape index (κ2) is 8.46. The maximum absolute atomic E-state index is 13.2. The fourth-order valence-corrected chi connectivity index (χ4v) is 2.31. The highest BCUT2D eigenvalue weighted by Crippen LogP contribution is 2.28. The zero-order valence-corrected chi connectivity index (χ0v) is 14.5. The average Bonchev–Trinajstić information content (AvgIpc) is 2.56. The van der Waals surface area contributed by atoms with E-state index in [1.807, 2.05) is 13.8 Å². The minimum absolute atomic E-state index is 0.00724. The Morgan fingerprint density at radius 1 is 1.19 bits per heavy atom. The van der Waals surface area contributed by atoms with Crippen LogP contribution in [0.15, 0.2) is 41.2 Å². The number of alkyl halides is 3. The van der Waals surface area contributed by atoms with Gasteiger partial charge in [0.05, 0.1) is 24.9 Å². The Balaban J connectivity index is 2.34. The van der Waals surface area contributed by atoms with Crippen LogP contribution in [0.3, 0.4) is 0 Å². The molecule has 8 heteroatoms. The average molecular weight is 370 g/mol. The van der Waals surface area contributed by atoms with Crippen LogP contribution < -0.4 is 5.56 Å². The van der Waals surface area contributed by atoms with Gasteiger partial charge in [-0.15, -0.1) is 0 Å². The van der Waals surface area contributed by atoms with Crippen LogP contribution in [0.4, 0.5) is 13.2 Å². The van der Waals surface area contributed by atoms with Gasteiger partial charge in [0.15, 0.2) is 0 Å². The highest BCUT2D eigenvalue weighted by molar-refractivity contribution is 5.59. The lowest BCUT2D eigenvalue weighted by atomic mass is 10.1. The Bertz CT molecular complexity index is 773. The van der Waals surface area contributed by atoms with Gasteiger partial charge in [0.2, 0.25) is 0 Å². The fourth-order valence-electron chi connectivity index (χ4n) is 2.31. The molecule has 1 N–H and O–H groups in total. The summed E-state index contributed by atoms with van der Waals surface area (Å²) in [5.74, 6) is 0.251. The number of hydrogen-bond donors (Lipinski definition) is 1. The smallest absolute Gasteiger partial charge is 0.389 e. The van der Waals surface area contributed by atoms with E-state index in [4.69, 9.17) is 4.74 Å². The molecule has 0 bridgehead atoms. The third kappa shape index (κ3) is 5.40. The molecule has 0 amide bonds. The van der Waals surface area contributed by atoms with E-state index in [0.717, 1.165) is 6.07 Å². The molecule has 0 aliphatic heterocycles. The van der Waals surface area contributed by atoms with Crippen LogP contribution in [-0.2, 0) is 17.5 Å². The van der Waals surface area contributed by atoms with E-state index in [1.54, 1.807) is 30.3 Å². The molecule has 0 aliphatic carbocycles. The molecule has 2 aromatic rings. The van der Waals surface area contributed by atoms with Crippen LogP contribution >= 0.6 is 0 Å². The minimum Gasteiger partial charge on any atom is -0.389 e. The van der Waals surface area contributed by atoms with E-state index in [0.29, 0.717) is 16.9 Å². The quantitative estimate of drug-likeness (QED) is 0.814. The number of halogens is 3. The van der Waals surface area contributed by atoms with Crippen molar-refractivity contribution in [2.45, 2.75) is 32.7 Å². The number of hydrogen-bond acceptors (Lipinski definition) is 4. The van der Waals surface area contributed by atoms with Crippen molar-refractivity contribution in [1.82, 2.24) is 9.78 Å². The number of aliphatic hydroxyl groups excluding tert-OH is 1. The van der Waals surface area contributed by atoms with E-state index in [9.17, 15) is 23.1 Å². The Kier molecular flexibility index (Phi) is 6.55. The third-order valence-electron chi connectivity index (χ3n) is 3.49. The molecule has 1 heterocycles. The lowest BCUT2D eigenvalue weighted by molar-refractivity contribution is -0.139. The summed E-state index contributed by atoms with van der Waals surface area (Å²) < 4.78 is 45.6. The van der Waals surface area contributed by atoms with Gasteiger partial charge in [-0.2, -0.15) is 18.3 Å². The van der Waals surface area contributed by atoms with Crippen molar-refractivity contribution in [3.8, 4) is 11.3 Å². The standard InChI is InChI=1S/C18H21F3N2O3/c1-12(2)10-26-11-14(24)9-23-17(25)15(18(19,20)21)8-16(22-23)13-6-4-3-5-7-13/h3-8,12,14,24H,9-11H2,1-2H3. The van der Waals surface area contributed by atoms with Gasteiger partial charge in [0.25, 0.3) is 5.56 Å². The molecule has 142 valence electrons. The van der Waals surface area contributed by atoms with Gasteiger partial charge >= 0.3 is 6.18 Å². The Morgan fingerprint density at radius 2 is 1.85 bits per heavy atom. The molecule has 2 rings (SSSR count). The summed E-state index contributed by atoms with van der Waals surface area (Å²) in [6.45, 7) is 3.77. The van der Waals surface area contributed by atoms with E-state index in [-0.39, 0.29) is 24.8 Å². The van der Waals surface area contributed by atoms with Crippen molar-refractivity contribution in [2.75, 3.05) is 13.2 Å². The SMILES string of the molecule is CC(C)COCC(O)Cn1nc(-c2ccccc2)cc(C(F)(F)F)c1=O. The van der Waals surface area contributed by atoms with Crippen LogP contribution in [0.25, 0.3) is 11.3 Å². The predicted octanol–water partition coefficient (Wildman–Crippen LogP) is 2.96. The topological polar surface area (TPSA) is 64.3 Å². The predicted molar refractivity (Wildman–Crippen MR) is 90.6 cm³/mol. The largest absolute Gasteiger partial charge is 0.421 e. The van der Waals surface area contributed by atoms with Crippen LogP contribution in [0.5, 0.6) is 0 Å². The molecular weight excluding hydrogens is 349 g/mol. The zero-order valence-electron chi connectivity index (χ0n) is 14.5. The lowest BCUT2D eigenvalue weighted by Gasteiger charge is -2.16. The van der Waals surface area contributed by atoms with Crippen LogP contribution in [0.2, 0.25) is 0 Å². The van der Waals surface area contributed by atoms with E-state index >= 15 is 0 Å². The normalized spacial score (nSPS) is 13.2. The second-order valence-electron chi connectivity index (χ2n) is 6.38. The monoisotopic (exact) mass is 370 g/mol. The van der Waals surface area contributed by atoms with Crippen LogP contribution in [0, 0.1) is 5.92 Å². The molecular formula is C18H21F3N2O3. The number of nitrogens with zero attached hydrogens (tertiary/aromatic N) is 2. The Labute approximate surface area is 149 Å². The molecule has 1 aromatic heterocycles. The highest BCUT2D eigenvalue weighted by atomic mass is 19.4. The molecule has 0 saturated heterocycles. The van der Waals surface area contributed by atoms with Crippen molar-refractivity contribution in [3.63, 3.8) is 0 Å². The number of ether oxygens (including phenoxy) is 1. The molecule has 0 fully saturated rings. The molecule has 0 radical (unpaired) electrons. The minimum atomic E-state index is -4.82. The summed E-state index contributed by atoms with van der Waals surface area (Å²) in [5.41, 5.74) is -2.16. The molecule has 0 aliphatic rings. The highest BCUT2D eigenvalue weighted by Gasteiger charge is 2.35. The van der Waals surface area contributed by atoms with Crippen molar-refractivity contribution < 1.29 is 23.0 Å². The van der Waals surface area contributed by atoms with Gasteiger partial charge in [0.1, 0.15) is 5.56 Å². The summed E-state index contributed by atoms with van der Waals surface area (Å²) in [7, 11) is 0. The van der Waals surface area contributed by atoms with Gasteiger partial charge in [-0.1, -0.05) is 44.2 Å². The van der Waals surface area contributed by atoms with Crippen LogP contribution in [0.1, 0.15) is 19.4 Å². The lowest BCUT2D eigenvalue weighted by Crippen LogP contribution is -2.35. The van der Waals surface area contributed by atoms with E-state index in [2.05, 4.69) is 5.10 Å². The van der Waals surface area contributed by atoms with Gasteiger partial charge < -0.3 is 9.84 Å². The second-order valence-corrected chi connectivity index (χ2v) is 6.38. The maximum atomic E-state index is 13.2. The van der Waals surface area contributed by atoms with Crippen molar-refractivity contribution in [2.24, 2.45) is 5.92 Å². The summed E-state index contributed by atoms with van der Waals surface area (Å²) in [5, 5.41) is 14.0. The zero-order chi connectivity index (χ0) is 19.3. The number of aliphatic hydroxyl groups is 1. The van der Waals surface area contributed by atoms with Crippen molar-refractivity contribution in [1.29, 1.82) is 0 Å². The van der Waals surface area contributed by atoms with Gasteiger partial charge in [-0.05, 0) is 12.0 Å². The fraction of sp³-hybridized carbons (Fsp3) is 0.444. The molecule has 1 atom stereocenters. The first-order valence-electron chi connectivity index (χ1n) is 8.19. The van der Waals surface area contributed by atoms with E-state index in [1.165, 1.54) is 0 Å². The van der Waals surface area contributed by atoms with Gasteiger partial charge in [-0.25, -0.2) is 4.68 Å². The van der Waals surface area contributed by atoms with Gasteiger partial charge in [0, 0.05) is 12.2 Å². The maximum Gasteiger partial charge on any atom is 0.421 e. The number of aromatic nitrogens is 2. The van der Waals surface area contributed by atoms with Crippen LogP contribution in [-0.4, -0.2) is 34.2 Å². The Hall–Kier alpha value is -2.19. The summed E-state index contributed by atoms with van der Waals surface area (Å²) in [6, 6.07) is 8.97. The number of rotatable bonds is 7. The molecule has 1 unspecified atom stereocenters. The first-order chi connectivity index (χ1) is 12.2. The van der Waals surface area contributed by atoms with Gasteiger partial charge in [-0.3, -0.25) is 4.79 Å². The van der Waals surface area contributed by atoms with E-state index < -0.39 is 23.4 Å². The first-order valence-corrected chi connectivity index (χ1v) is 8.19. The third-order valence-corrected chi connectivity index (χ3v) is 3.49. The number of benzene rings is 1. The summed E-state index contributed by atoms with van der Waals surface area (Å²) in [6.07, 6.45) is -5.96. The molecule has 0 spiro atoms. The molecule has 5 nitrogen and oxygen atoms in total. The van der Waals surface area contributed by atoms with Crippen molar-refractivity contribution in [3.05, 3.63) is 52.3 Å². The first kappa shape index (κ1) is 20.1. The summed E-state index contributed by atoms with van der Waals surface area (Å²) >= 11 is 0. The molecule has 1 aromatic carbocycles. The molecule has 0 saturated carbocycles. The molecule has 26 heavy (non-hydrogen) atoms. The van der Waals surface area contributed by atoms with Crippen molar-refractivity contribution >= 4 is 0 Å². The Morgan fingerprint density at radius 3 is 2.42 bits per heavy atom. The summed E-state index contributed by atoms with van der Waals surface area (Å²) in [4.78, 5) is 12.1.